The van der Waals surface area contributed by atoms with Gasteiger partial charge in [0.05, 0.1) is 0 Å². The molecule has 0 unspecified atom stereocenters. The fourth-order valence-electron chi connectivity index (χ4n) is 2.06. The average Bonchev–Trinajstić information content (AvgIpc) is 2.50. The van der Waals surface area contributed by atoms with E-state index in [1.165, 1.54) is 0 Å². The van der Waals surface area contributed by atoms with E-state index in [0.29, 0.717) is 5.95 Å². The van der Waals surface area contributed by atoms with Crippen LogP contribution in [0.15, 0.2) is 48.5 Å². The summed E-state index contributed by atoms with van der Waals surface area (Å²) in [6.07, 6.45) is 0. The number of aromatic nitrogens is 3. The molecule has 0 aliphatic carbocycles. The molecule has 0 amide bonds. The molecule has 0 atom stereocenters. The lowest BCUT2D eigenvalue weighted by Crippen LogP contribution is -2.16. The van der Waals surface area contributed by atoms with Crippen LogP contribution in [-0.2, 0) is 0 Å². The van der Waals surface area contributed by atoms with Crippen LogP contribution in [0.5, 0.6) is 0 Å². The van der Waals surface area contributed by atoms with Crippen LogP contribution in [0, 0.1) is 7.14 Å². The number of nitrogen functional groups attached to an aromatic ring is 2. The van der Waals surface area contributed by atoms with Crippen molar-refractivity contribution in [1.82, 2.24) is 15.0 Å². The molecule has 0 saturated heterocycles. The molecule has 0 aliphatic heterocycles. The molecular weight excluding hydrogens is 518 g/mol. The molecule has 3 aromatic rings. The molecule has 0 aliphatic rings. The Morgan fingerprint density at radius 1 is 0.652 bits per heavy atom. The minimum absolute atomic E-state index is 0.0912. The fraction of sp³-hybridized carbons (Fsp3) is 0. The molecule has 0 saturated carbocycles. The van der Waals surface area contributed by atoms with Gasteiger partial charge in [-0.25, -0.2) is 0 Å². The van der Waals surface area contributed by atoms with Crippen LogP contribution < -0.4 is 16.4 Å². The van der Waals surface area contributed by atoms with Gasteiger partial charge < -0.3 is 11.5 Å². The molecular formula is C15H12I2N6. The number of halogens is 2. The second-order valence-electron chi connectivity index (χ2n) is 4.64. The quantitative estimate of drug-likeness (QED) is 0.502. The molecule has 4 N–H and O–H groups in total. The fourth-order valence-corrected chi connectivity index (χ4v) is 2.78. The maximum Gasteiger partial charge on any atom is 0.241 e. The summed E-state index contributed by atoms with van der Waals surface area (Å²) in [6, 6.07) is 16.1. The molecule has 116 valence electrons. The van der Waals surface area contributed by atoms with Gasteiger partial charge in [-0.3, -0.25) is 4.90 Å². The predicted octanol–water partition coefficient (Wildman–Crippen LogP) is 3.72. The third-order valence-electron chi connectivity index (χ3n) is 3.03. The first-order valence-corrected chi connectivity index (χ1v) is 8.77. The maximum absolute atomic E-state index is 5.73. The van der Waals surface area contributed by atoms with Gasteiger partial charge in [-0.05, 0) is 93.7 Å². The molecule has 2 aromatic carbocycles. The Hall–Kier alpha value is -1.69. The minimum atomic E-state index is 0.0912. The zero-order valence-corrected chi connectivity index (χ0v) is 16.1. The van der Waals surface area contributed by atoms with Crippen molar-refractivity contribution in [2.24, 2.45) is 0 Å². The monoisotopic (exact) mass is 530 g/mol. The van der Waals surface area contributed by atoms with Crippen LogP contribution in [0.3, 0.4) is 0 Å². The van der Waals surface area contributed by atoms with E-state index in [4.69, 9.17) is 11.5 Å². The third-order valence-corrected chi connectivity index (χ3v) is 4.47. The molecule has 1 aromatic heterocycles. The van der Waals surface area contributed by atoms with Gasteiger partial charge in [0.1, 0.15) is 0 Å². The summed E-state index contributed by atoms with van der Waals surface area (Å²) < 4.78 is 2.28. The van der Waals surface area contributed by atoms with Crippen molar-refractivity contribution in [2.75, 3.05) is 16.4 Å². The second kappa shape index (κ2) is 6.83. The van der Waals surface area contributed by atoms with Crippen LogP contribution >= 0.6 is 45.2 Å². The molecule has 3 rings (SSSR count). The minimum Gasteiger partial charge on any atom is -0.368 e. The highest BCUT2D eigenvalue weighted by atomic mass is 127. The zero-order valence-electron chi connectivity index (χ0n) is 11.8. The van der Waals surface area contributed by atoms with Gasteiger partial charge in [0.15, 0.2) is 0 Å². The van der Waals surface area contributed by atoms with Gasteiger partial charge in [0.25, 0.3) is 0 Å². The summed E-state index contributed by atoms with van der Waals surface area (Å²) in [4.78, 5) is 14.2. The van der Waals surface area contributed by atoms with Gasteiger partial charge in [0.2, 0.25) is 17.8 Å². The Morgan fingerprint density at radius 3 is 1.43 bits per heavy atom. The predicted molar refractivity (Wildman–Crippen MR) is 109 cm³/mol. The second-order valence-corrected chi connectivity index (χ2v) is 7.13. The molecule has 6 nitrogen and oxygen atoms in total. The molecule has 0 radical (unpaired) electrons. The summed E-state index contributed by atoms with van der Waals surface area (Å²) in [5.41, 5.74) is 13.3. The lowest BCUT2D eigenvalue weighted by Gasteiger charge is -2.23. The number of hydrogen-bond acceptors (Lipinski definition) is 6. The summed E-state index contributed by atoms with van der Waals surface area (Å²) in [6.45, 7) is 0. The number of hydrogen-bond donors (Lipinski definition) is 2. The zero-order chi connectivity index (χ0) is 16.4. The van der Waals surface area contributed by atoms with E-state index in [0.717, 1.165) is 18.5 Å². The van der Waals surface area contributed by atoms with Crippen molar-refractivity contribution in [3.8, 4) is 0 Å². The Kier molecular flexibility index (Phi) is 4.80. The molecule has 23 heavy (non-hydrogen) atoms. The Balaban J connectivity index is 2.16. The number of nitrogens with zero attached hydrogens (tertiary/aromatic N) is 4. The number of benzene rings is 2. The van der Waals surface area contributed by atoms with Crippen molar-refractivity contribution in [3.05, 3.63) is 55.7 Å². The van der Waals surface area contributed by atoms with Crippen LogP contribution in [0.2, 0.25) is 0 Å². The summed E-state index contributed by atoms with van der Waals surface area (Å²) >= 11 is 4.53. The highest BCUT2D eigenvalue weighted by molar-refractivity contribution is 14.1. The van der Waals surface area contributed by atoms with E-state index < -0.39 is 0 Å². The smallest absolute Gasteiger partial charge is 0.241 e. The van der Waals surface area contributed by atoms with E-state index in [2.05, 4.69) is 60.1 Å². The SMILES string of the molecule is Nc1nc(N)nc(N(c2ccc(I)cc2)c2ccc(I)cc2)n1. The molecule has 0 fully saturated rings. The highest BCUT2D eigenvalue weighted by Crippen LogP contribution is 2.33. The number of rotatable bonds is 3. The van der Waals surface area contributed by atoms with Crippen LogP contribution in [0.4, 0.5) is 29.2 Å². The first-order valence-electron chi connectivity index (χ1n) is 6.61. The van der Waals surface area contributed by atoms with E-state index in [9.17, 15) is 0 Å². The van der Waals surface area contributed by atoms with Crippen molar-refractivity contribution < 1.29 is 0 Å². The summed E-state index contributed by atoms with van der Waals surface area (Å²) in [5.74, 6) is 0.569. The Labute approximate surface area is 160 Å². The highest BCUT2D eigenvalue weighted by Gasteiger charge is 2.16. The van der Waals surface area contributed by atoms with Gasteiger partial charge in [0, 0.05) is 18.5 Å². The van der Waals surface area contributed by atoms with Crippen molar-refractivity contribution >= 4 is 74.4 Å². The number of nitrogens with two attached hydrogens (primary N) is 2. The third kappa shape index (κ3) is 3.80. The van der Waals surface area contributed by atoms with Crippen LogP contribution in [-0.4, -0.2) is 15.0 Å². The molecule has 8 heteroatoms. The average molecular weight is 530 g/mol. The summed E-state index contributed by atoms with van der Waals surface area (Å²) in [5, 5.41) is 0. The largest absolute Gasteiger partial charge is 0.368 e. The standard InChI is InChI=1S/C15H12I2N6/c16-9-1-5-11(6-2-9)23(12-7-3-10(17)4-8-12)15-21-13(18)20-14(19)22-15/h1-8H,(H4,18,19,20,21,22). The Bertz CT molecular complexity index is 755. The van der Waals surface area contributed by atoms with Crippen molar-refractivity contribution in [1.29, 1.82) is 0 Å². The first-order chi connectivity index (χ1) is 11.0. The van der Waals surface area contributed by atoms with E-state index in [1.54, 1.807) is 0 Å². The van der Waals surface area contributed by atoms with Gasteiger partial charge >= 0.3 is 0 Å². The lowest BCUT2D eigenvalue weighted by molar-refractivity contribution is 1.03. The molecule has 0 spiro atoms. The van der Waals surface area contributed by atoms with Gasteiger partial charge in [-0.2, -0.15) is 15.0 Å². The molecule has 0 bridgehead atoms. The first kappa shape index (κ1) is 16.2. The van der Waals surface area contributed by atoms with Gasteiger partial charge in [-0.1, -0.05) is 0 Å². The maximum atomic E-state index is 5.73. The van der Waals surface area contributed by atoms with Crippen LogP contribution in [0.1, 0.15) is 0 Å². The number of anilines is 5. The van der Waals surface area contributed by atoms with Crippen molar-refractivity contribution in [2.45, 2.75) is 0 Å². The van der Waals surface area contributed by atoms with Crippen molar-refractivity contribution in [3.63, 3.8) is 0 Å². The topological polar surface area (TPSA) is 93.9 Å². The van der Waals surface area contributed by atoms with Crippen LogP contribution in [0.25, 0.3) is 0 Å². The normalized spacial score (nSPS) is 10.5. The van der Waals surface area contributed by atoms with Gasteiger partial charge in [-0.15, -0.1) is 0 Å². The lowest BCUT2D eigenvalue weighted by atomic mass is 10.2. The van der Waals surface area contributed by atoms with E-state index >= 15 is 0 Å². The summed E-state index contributed by atoms with van der Waals surface area (Å²) in [7, 11) is 0. The Morgan fingerprint density at radius 2 is 1.04 bits per heavy atom. The molecule has 1 heterocycles. The van der Waals surface area contributed by atoms with E-state index in [1.807, 2.05) is 53.4 Å². The van der Waals surface area contributed by atoms with E-state index in [-0.39, 0.29) is 11.9 Å².